The lowest BCUT2D eigenvalue weighted by molar-refractivity contribution is 0.0275. The van der Waals surface area contributed by atoms with E-state index in [1.807, 2.05) is 0 Å². The maximum Gasteiger partial charge on any atom is 0.0701 e. The molecule has 4 nitrogen and oxygen atoms in total. The van der Waals surface area contributed by atoms with Crippen molar-refractivity contribution in [3.05, 3.63) is 5.32 Å². The van der Waals surface area contributed by atoms with E-state index >= 15 is 0 Å². The molecule has 0 spiro atoms. The average Bonchev–Trinajstić information content (AvgIpc) is 2.10. The van der Waals surface area contributed by atoms with Gasteiger partial charge < -0.3 is 19.5 Å². The molecule has 0 saturated carbocycles. The molecule has 0 N–H and O–H groups in total. The van der Waals surface area contributed by atoms with Crippen LogP contribution in [0, 0.1) is 0 Å². The van der Waals surface area contributed by atoms with Gasteiger partial charge in [-0.05, 0) is 0 Å². The van der Waals surface area contributed by atoms with Crippen LogP contribution < -0.4 is 0 Å². The van der Waals surface area contributed by atoms with Crippen LogP contribution in [0.3, 0.4) is 0 Å². The summed E-state index contributed by atoms with van der Waals surface area (Å²) >= 11 is 0. The maximum atomic E-state index is 5.19. The molecule has 0 unspecified atom stereocenters. The van der Waals surface area contributed by atoms with Gasteiger partial charge in [0.15, 0.2) is 0 Å². The number of methoxy groups -OCH3 is 1. The number of likely N-dealkylation sites (N-methyl/N-ethyl adjacent to an activating group) is 1. The Morgan fingerprint density at radius 1 is 0.917 bits per heavy atom. The maximum absolute atomic E-state index is 5.19. The zero-order chi connectivity index (χ0) is 9.07. The van der Waals surface area contributed by atoms with Gasteiger partial charge in [0.05, 0.1) is 26.4 Å². The number of hydrogen-bond acceptors (Lipinski definition) is 3. The van der Waals surface area contributed by atoms with Gasteiger partial charge in [-0.15, -0.1) is 6.54 Å². The highest BCUT2D eigenvalue weighted by Gasteiger charge is 1.86. The predicted molar refractivity (Wildman–Crippen MR) is 47.7 cm³/mol. The van der Waals surface area contributed by atoms with Crippen LogP contribution in [0.25, 0.3) is 5.32 Å². The summed E-state index contributed by atoms with van der Waals surface area (Å²) in [5.74, 6) is 0. The zero-order valence-corrected chi connectivity index (χ0v) is 7.91. The first-order chi connectivity index (χ1) is 5.91. The molecule has 74 valence electrons. The lowest BCUT2D eigenvalue weighted by atomic mass is 10.7. The quantitative estimate of drug-likeness (QED) is 0.485. The van der Waals surface area contributed by atoms with Crippen molar-refractivity contribution in [1.29, 1.82) is 0 Å². The smallest absolute Gasteiger partial charge is 0.0701 e. The molecule has 0 bridgehead atoms. The van der Waals surface area contributed by atoms with Gasteiger partial charge in [-0.25, -0.2) is 0 Å². The molecular weight excluding hydrogens is 158 g/mol. The van der Waals surface area contributed by atoms with Crippen molar-refractivity contribution in [2.75, 3.05) is 53.7 Å². The fraction of sp³-hybridized carbons (Fsp3) is 1.00. The highest BCUT2D eigenvalue weighted by molar-refractivity contribution is 4.67. The molecule has 0 amide bonds. The number of nitrogens with zero attached hydrogens (tertiary/aromatic N) is 1. The minimum Gasteiger partial charge on any atom is -0.663 e. The molecule has 0 aliphatic heterocycles. The number of rotatable bonds is 9. The van der Waals surface area contributed by atoms with Crippen molar-refractivity contribution in [1.82, 2.24) is 0 Å². The highest BCUT2D eigenvalue weighted by atomic mass is 16.5. The van der Waals surface area contributed by atoms with Gasteiger partial charge in [-0.3, -0.25) is 0 Å². The minimum absolute atomic E-state index is 0.632. The minimum atomic E-state index is 0.632. The van der Waals surface area contributed by atoms with E-state index in [1.165, 1.54) is 0 Å². The Labute approximate surface area is 74.2 Å². The summed E-state index contributed by atoms with van der Waals surface area (Å²) in [5.41, 5.74) is 0. The summed E-state index contributed by atoms with van der Waals surface area (Å²) in [6.07, 6.45) is 0. The largest absolute Gasteiger partial charge is 0.663 e. The Morgan fingerprint density at radius 3 is 2.08 bits per heavy atom. The van der Waals surface area contributed by atoms with Gasteiger partial charge in [0.25, 0.3) is 0 Å². The van der Waals surface area contributed by atoms with Crippen LogP contribution >= 0.6 is 0 Å². The summed E-state index contributed by atoms with van der Waals surface area (Å²) in [6.45, 7) is 4.00. The molecule has 0 aromatic heterocycles. The van der Waals surface area contributed by atoms with Gasteiger partial charge in [0, 0.05) is 13.7 Å². The second kappa shape index (κ2) is 10.8. The molecule has 0 rings (SSSR count). The fourth-order valence-corrected chi connectivity index (χ4v) is 0.620. The van der Waals surface area contributed by atoms with E-state index in [9.17, 15) is 0 Å². The van der Waals surface area contributed by atoms with Crippen molar-refractivity contribution in [2.45, 2.75) is 0 Å². The lowest BCUT2D eigenvalue weighted by Crippen LogP contribution is -2.09. The molecule has 0 aliphatic carbocycles. The van der Waals surface area contributed by atoms with E-state index in [2.05, 4.69) is 5.32 Å². The van der Waals surface area contributed by atoms with E-state index in [1.54, 1.807) is 14.2 Å². The second-order valence-electron chi connectivity index (χ2n) is 2.26. The van der Waals surface area contributed by atoms with E-state index in [0.29, 0.717) is 33.0 Å². The average molecular weight is 176 g/mol. The van der Waals surface area contributed by atoms with Crippen molar-refractivity contribution in [3.63, 3.8) is 0 Å². The van der Waals surface area contributed by atoms with E-state index in [4.69, 9.17) is 14.2 Å². The van der Waals surface area contributed by atoms with Crippen molar-refractivity contribution in [2.24, 2.45) is 0 Å². The molecule has 0 aliphatic rings. The molecule has 0 fully saturated rings. The van der Waals surface area contributed by atoms with Crippen molar-refractivity contribution in [3.8, 4) is 0 Å². The molecule has 0 heterocycles. The monoisotopic (exact) mass is 176 g/mol. The van der Waals surface area contributed by atoms with Gasteiger partial charge in [0.1, 0.15) is 0 Å². The summed E-state index contributed by atoms with van der Waals surface area (Å²) in [5, 5.41) is 3.90. The first kappa shape index (κ1) is 11.8. The predicted octanol–water partition coefficient (Wildman–Crippen LogP) is 0.669. The molecule has 4 heteroatoms. The number of ether oxygens (including phenoxy) is 3. The fourth-order valence-electron chi connectivity index (χ4n) is 0.620. The third-order valence-electron chi connectivity index (χ3n) is 1.26. The van der Waals surface area contributed by atoms with Crippen LogP contribution in [0.5, 0.6) is 0 Å². The molecular formula is C8H18NO3-. The normalized spacial score (nSPS) is 10.5. The molecule has 0 saturated heterocycles. The van der Waals surface area contributed by atoms with Gasteiger partial charge in [-0.2, -0.15) is 7.05 Å². The molecule has 0 aromatic carbocycles. The van der Waals surface area contributed by atoms with Gasteiger partial charge in [0.2, 0.25) is 0 Å². The first-order valence-electron chi connectivity index (χ1n) is 4.12. The molecule has 0 aromatic rings. The summed E-state index contributed by atoms with van der Waals surface area (Å²) in [4.78, 5) is 0. The highest BCUT2D eigenvalue weighted by Crippen LogP contribution is 1.82. The van der Waals surface area contributed by atoms with Crippen molar-refractivity contribution >= 4 is 0 Å². The number of hydrogen-bond donors (Lipinski definition) is 0. The van der Waals surface area contributed by atoms with Crippen LogP contribution in [0.4, 0.5) is 0 Å². The van der Waals surface area contributed by atoms with Gasteiger partial charge >= 0.3 is 0 Å². The SMILES string of the molecule is C[N-]CCOCCOCCOC. The van der Waals surface area contributed by atoms with E-state index in [0.717, 1.165) is 6.54 Å². The second-order valence-corrected chi connectivity index (χ2v) is 2.26. The standard InChI is InChI=1S/C8H18NO3/c1-9-3-4-11-7-8-12-6-5-10-2/h3-8H2,1-2H3/q-1. The van der Waals surface area contributed by atoms with Crippen LogP contribution in [0.2, 0.25) is 0 Å². The Balaban J connectivity index is 2.73. The van der Waals surface area contributed by atoms with Gasteiger partial charge in [-0.1, -0.05) is 0 Å². The van der Waals surface area contributed by atoms with Crippen LogP contribution in [0.1, 0.15) is 0 Å². The third kappa shape index (κ3) is 9.84. The van der Waals surface area contributed by atoms with Crippen LogP contribution in [-0.4, -0.2) is 53.7 Å². The topological polar surface area (TPSA) is 41.8 Å². The lowest BCUT2D eigenvalue weighted by Gasteiger charge is -2.10. The van der Waals surface area contributed by atoms with Crippen LogP contribution in [-0.2, 0) is 14.2 Å². The molecule has 0 radical (unpaired) electrons. The summed E-state index contributed by atoms with van der Waals surface area (Å²) < 4.78 is 15.2. The zero-order valence-electron chi connectivity index (χ0n) is 7.91. The molecule has 12 heavy (non-hydrogen) atoms. The van der Waals surface area contributed by atoms with Crippen LogP contribution in [0.15, 0.2) is 0 Å². The molecule has 0 atom stereocenters. The van der Waals surface area contributed by atoms with E-state index in [-0.39, 0.29) is 0 Å². The Morgan fingerprint density at radius 2 is 1.50 bits per heavy atom. The van der Waals surface area contributed by atoms with E-state index < -0.39 is 0 Å². The Hall–Kier alpha value is -0.160. The summed E-state index contributed by atoms with van der Waals surface area (Å²) in [7, 11) is 3.43. The summed E-state index contributed by atoms with van der Waals surface area (Å²) in [6, 6.07) is 0. The third-order valence-corrected chi connectivity index (χ3v) is 1.26. The Kier molecular flexibility index (Phi) is 10.7. The Bertz CT molecular complexity index is 70.7. The van der Waals surface area contributed by atoms with Crippen molar-refractivity contribution < 1.29 is 14.2 Å². The first-order valence-corrected chi connectivity index (χ1v) is 4.12.